The molecule has 0 aliphatic rings. The van der Waals surface area contributed by atoms with Crippen LogP contribution in [-0.2, 0) is 4.79 Å². The maximum atomic E-state index is 12.2. The number of hydrogen-bond donors (Lipinski definition) is 2. The molecule has 0 bridgehead atoms. The Labute approximate surface area is 155 Å². The highest BCUT2D eigenvalue weighted by atomic mass is 32.2. The Morgan fingerprint density at radius 2 is 2.12 bits per heavy atom. The summed E-state index contributed by atoms with van der Waals surface area (Å²) in [5.41, 5.74) is 0.310. The second-order valence-electron chi connectivity index (χ2n) is 5.60. The van der Waals surface area contributed by atoms with Gasteiger partial charge in [-0.15, -0.1) is 0 Å². The van der Waals surface area contributed by atoms with E-state index in [9.17, 15) is 14.9 Å². The summed E-state index contributed by atoms with van der Waals surface area (Å²) in [6.07, 6.45) is 0.837. The van der Waals surface area contributed by atoms with E-state index < -0.39 is 5.56 Å². The van der Waals surface area contributed by atoms with Gasteiger partial charge in [-0.2, -0.15) is 5.26 Å². The number of carbonyl (C=O) groups is 1. The van der Waals surface area contributed by atoms with Crippen molar-refractivity contribution in [3.63, 3.8) is 0 Å². The second-order valence-corrected chi connectivity index (χ2v) is 6.56. The molecule has 2 rings (SSSR count). The molecule has 0 spiro atoms. The number of methoxy groups -OCH3 is 1. The third kappa shape index (κ3) is 4.86. The molecule has 2 N–H and O–H groups in total. The molecular weight excluding hydrogens is 352 g/mol. The minimum Gasteiger partial charge on any atom is -0.497 e. The first-order chi connectivity index (χ1) is 12.5. The number of nitrogens with one attached hydrogen (secondary N) is 2. The molecule has 0 unspecified atom stereocenters. The van der Waals surface area contributed by atoms with Gasteiger partial charge >= 0.3 is 0 Å². The summed E-state index contributed by atoms with van der Waals surface area (Å²) in [4.78, 5) is 31.0. The van der Waals surface area contributed by atoms with Crippen molar-refractivity contribution in [2.45, 2.75) is 31.5 Å². The summed E-state index contributed by atoms with van der Waals surface area (Å²) < 4.78 is 5.11. The van der Waals surface area contributed by atoms with E-state index in [1.54, 1.807) is 31.4 Å². The number of benzene rings is 1. The average molecular weight is 372 g/mol. The molecule has 1 heterocycles. The maximum Gasteiger partial charge on any atom is 0.270 e. The van der Waals surface area contributed by atoms with Gasteiger partial charge in [0, 0.05) is 11.6 Å². The zero-order chi connectivity index (χ0) is 19.1. The molecule has 0 fully saturated rings. The molecule has 8 heteroatoms. The number of nitrogens with zero attached hydrogens (tertiary/aromatic N) is 2. The lowest BCUT2D eigenvalue weighted by Gasteiger charge is -2.11. The lowest BCUT2D eigenvalue weighted by molar-refractivity contribution is -0.119. The third-order valence-corrected chi connectivity index (χ3v) is 4.61. The number of carbonyl (C=O) groups excluding carboxylic acids is 1. The van der Waals surface area contributed by atoms with Gasteiger partial charge in [-0.05, 0) is 37.6 Å². The first-order valence-electron chi connectivity index (χ1n) is 8.09. The van der Waals surface area contributed by atoms with Crippen molar-refractivity contribution in [2.24, 2.45) is 0 Å². The van der Waals surface area contributed by atoms with E-state index in [2.05, 4.69) is 15.3 Å². The van der Waals surface area contributed by atoms with Gasteiger partial charge in [0.1, 0.15) is 17.4 Å². The van der Waals surface area contributed by atoms with E-state index in [1.807, 2.05) is 19.9 Å². The average Bonchev–Trinajstić information content (AvgIpc) is 2.65. The number of aromatic amines is 1. The van der Waals surface area contributed by atoms with E-state index in [-0.39, 0.29) is 29.0 Å². The minimum absolute atomic E-state index is 0.0661. The van der Waals surface area contributed by atoms with Crippen molar-refractivity contribution in [3.05, 3.63) is 40.2 Å². The lowest BCUT2D eigenvalue weighted by atomic mass is 10.1. The van der Waals surface area contributed by atoms with Crippen LogP contribution in [0.15, 0.2) is 34.2 Å². The Hall–Kier alpha value is -2.79. The van der Waals surface area contributed by atoms with Crippen LogP contribution in [0.1, 0.15) is 25.8 Å². The number of aromatic nitrogens is 2. The Kier molecular flexibility index (Phi) is 6.81. The molecule has 1 atom stereocenters. The first-order valence-corrected chi connectivity index (χ1v) is 9.08. The highest BCUT2D eigenvalue weighted by molar-refractivity contribution is 7.99. The third-order valence-electron chi connectivity index (χ3n) is 3.73. The highest BCUT2D eigenvalue weighted by Crippen LogP contribution is 2.24. The van der Waals surface area contributed by atoms with Crippen LogP contribution in [0.3, 0.4) is 0 Å². The number of hydrogen-bond acceptors (Lipinski definition) is 6. The van der Waals surface area contributed by atoms with Crippen molar-refractivity contribution in [3.8, 4) is 23.1 Å². The Balaban J connectivity index is 2.27. The van der Waals surface area contributed by atoms with Crippen molar-refractivity contribution < 1.29 is 9.53 Å². The quantitative estimate of drug-likeness (QED) is 0.570. The molecule has 1 aromatic carbocycles. The van der Waals surface area contributed by atoms with Crippen LogP contribution in [0.4, 0.5) is 0 Å². The number of nitriles is 1. The number of amides is 1. The molecule has 2 aromatic rings. The highest BCUT2D eigenvalue weighted by Gasteiger charge is 2.15. The van der Waals surface area contributed by atoms with Gasteiger partial charge < -0.3 is 15.0 Å². The fourth-order valence-electron chi connectivity index (χ4n) is 2.13. The molecule has 0 aliphatic heterocycles. The molecule has 0 aliphatic carbocycles. The Morgan fingerprint density at radius 1 is 1.42 bits per heavy atom. The normalized spacial score (nSPS) is 11.5. The largest absolute Gasteiger partial charge is 0.497 e. The molecule has 136 valence electrons. The molecular formula is C18H20N4O3S. The van der Waals surface area contributed by atoms with Gasteiger partial charge in [-0.25, -0.2) is 4.98 Å². The van der Waals surface area contributed by atoms with Crippen molar-refractivity contribution in [1.82, 2.24) is 15.3 Å². The predicted octanol–water partition coefficient (Wildman–Crippen LogP) is 2.32. The number of thioether (sulfide) groups is 1. The first kappa shape index (κ1) is 19.5. The zero-order valence-electron chi connectivity index (χ0n) is 14.8. The van der Waals surface area contributed by atoms with Crippen LogP contribution in [0.25, 0.3) is 11.3 Å². The molecule has 1 amide bonds. The minimum atomic E-state index is -0.529. The zero-order valence-corrected chi connectivity index (χ0v) is 15.6. The van der Waals surface area contributed by atoms with Gasteiger partial charge in [-0.3, -0.25) is 9.59 Å². The molecule has 7 nitrogen and oxygen atoms in total. The number of ether oxygens (including phenoxy) is 1. The summed E-state index contributed by atoms with van der Waals surface area (Å²) >= 11 is 1.12. The Bertz CT molecular complexity index is 871. The van der Waals surface area contributed by atoms with Gasteiger partial charge in [0.2, 0.25) is 5.91 Å². The summed E-state index contributed by atoms with van der Waals surface area (Å²) in [6, 6.07) is 8.89. The van der Waals surface area contributed by atoms with E-state index in [1.165, 1.54) is 0 Å². The molecule has 0 saturated heterocycles. The fourth-order valence-corrected chi connectivity index (χ4v) is 2.81. The van der Waals surface area contributed by atoms with E-state index in [0.717, 1.165) is 18.2 Å². The molecule has 1 aromatic heterocycles. The topological polar surface area (TPSA) is 108 Å². The smallest absolute Gasteiger partial charge is 0.270 e. The van der Waals surface area contributed by atoms with Crippen molar-refractivity contribution in [1.29, 1.82) is 5.26 Å². The van der Waals surface area contributed by atoms with E-state index >= 15 is 0 Å². The molecule has 0 radical (unpaired) electrons. The lowest BCUT2D eigenvalue weighted by Crippen LogP contribution is -2.33. The summed E-state index contributed by atoms with van der Waals surface area (Å²) in [5.74, 6) is 0.650. The maximum absolute atomic E-state index is 12.2. The van der Waals surface area contributed by atoms with Crippen molar-refractivity contribution in [2.75, 3.05) is 12.9 Å². The number of rotatable bonds is 7. The van der Waals surface area contributed by atoms with Gasteiger partial charge in [-0.1, -0.05) is 18.7 Å². The van der Waals surface area contributed by atoms with Crippen molar-refractivity contribution >= 4 is 17.7 Å². The van der Waals surface area contributed by atoms with Crippen LogP contribution in [-0.4, -0.2) is 34.8 Å². The standard InChI is InChI=1S/C18H20N4O3S/c1-4-11(2)20-15(23)10-26-18-21-16(14(9-19)17(24)22-18)12-5-7-13(25-3)8-6-12/h5-8,11H,4,10H2,1-3H3,(H,20,23)(H,21,22,24)/t11-/m0/s1. The number of H-pyrrole nitrogens is 1. The summed E-state index contributed by atoms with van der Waals surface area (Å²) in [5, 5.41) is 12.4. The van der Waals surface area contributed by atoms with Crippen LogP contribution >= 0.6 is 11.8 Å². The fraction of sp³-hybridized carbons (Fsp3) is 0.333. The van der Waals surface area contributed by atoms with Crippen LogP contribution in [0.5, 0.6) is 5.75 Å². The SMILES string of the molecule is CC[C@H](C)NC(=O)CSc1nc(-c2ccc(OC)cc2)c(C#N)c(=O)[nH]1. The summed E-state index contributed by atoms with van der Waals surface area (Å²) in [7, 11) is 1.56. The van der Waals surface area contributed by atoms with Gasteiger partial charge in [0.15, 0.2) is 5.16 Å². The molecule has 0 saturated carbocycles. The van der Waals surface area contributed by atoms with Gasteiger partial charge in [0.05, 0.1) is 18.6 Å². The van der Waals surface area contributed by atoms with Gasteiger partial charge in [0.25, 0.3) is 5.56 Å². The predicted molar refractivity (Wildman–Crippen MR) is 100 cm³/mol. The van der Waals surface area contributed by atoms with Crippen LogP contribution in [0.2, 0.25) is 0 Å². The van der Waals surface area contributed by atoms with Crippen LogP contribution in [0, 0.1) is 11.3 Å². The van der Waals surface area contributed by atoms with E-state index in [4.69, 9.17) is 4.74 Å². The van der Waals surface area contributed by atoms with Crippen LogP contribution < -0.4 is 15.6 Å². The Morgan fingerprint density at radius 3 is 2.69 bits per heavy atom. The van der Waals surface area contributed by atoms with E-state index in [0.29, 0.717) is 16.5 Å². The second kappa shape index (κ2) is 9.06. The monoisotopic (exact) mass is 372 g/mol. The summed E-state index contributed by atoms with van der Waals surface area (Å²) in [6.45, 7) is 3.91. The molecule has 26 heavy (non-hydrogen) atoms.